The monoisotopic (exact) mass is 437 g/mol. The number of methoxy groups -OCH3 is 1. The van der Waals surface area contributed by atoms with Crippen molar-refractivity contribution in [1.29, 1.82) is 0 Å². The molecule has 1 N–H and O–H groups in total. The summed E-state index contributed by atoms with van der Waals surface area (Å²) in [6.07, 6.45) is 1.49. The number of alkyl halides is 2. The van der Waals surface area contributed by atoms with E-state index in [1.807, 2.05) is 13.0 Å². The van der Waals surface area contributed by atoms with Gasteiger partial charge in [-0.05, 0) is 55.9 Å². The first-order valence-corrected chi connectivity index (χ1v) is 10.4. The summed E-state index contributed by atoms with van der Waals surface area (Å²) in [5, 5.41) is 2.83. The molecule has 7 nitrogen and oxygen atoms in total. The number of fused-ring (bicyclic) bond motifs is 1. The number of aryl methyl sites for hydroxylation is 1. The lowest BCUT2D eigenvalue weighted by Crippen LogP contribution is -2.34. The molecule has 10 heteroatoms. The fourth-order valence-corrected chi connectivity index (χ4v) is 4.72. The summed E-state index contributed by atoms with van der Waals surface area (Å²) in [4.78, 5) is 31.1. The number of carbonyl (C=O) groups is 2. The fourth-order valence-electron chi connectivity index (χ4n) is 3.78. The number of nitrogens with zero attached hydrogens (tertiary/aromatic N) is 2. The van der Waals surface area contributed by atoms with Gasteiger partial charge in [0.1, 0.15) is 5.75 Å². The van der Waals surface area contributed by atoms with Crippen molar-refractivity contribution in [3.63, 3.8) is 0 Å². The van der Waals surface area contributed by atoms with Crippen LogP contribution in [0.4, 0.5) is 18.7 Å². The van der Waals surface area contributed by atoms with Gasteiger partial charge in [-0.25, -0.2) is 9.78 Å². The van der Waals surface area contributed by atoms with Gasteiger partial charge in [-0.2, -0.15) is 8.78 Å². The van der Waals surface area contributed by atoms with Crippen LogP contribution < -0.4 is 10.1 Å². The highest BCUT2D eigenvalue weighted by atomic mass is 32.1. The summed E-state index contributed by atoms with van der Waals surface area (Å²) in [5.74, 6) is 0.0434. The number of ether oxygens (including phenoxy) is 2. The van der Waals surface area contributed by atoms with Crippen LogP contribution in [0.2, 0.25) is 0 Å². The van der Waals surface area contributed by atoms with Crippen molar-refractivity contribution in [3.8, 4) is 16.2 Å². The Hall–Kier alpha value is -2.75. The predicted octanol–water partition coefficient (Wildman–Crippen LogP) is 4.65. The van der Waals surface area contributed by atoms with Crippen molar-refractivity contribution in [2.75, 3.05) is 12.4 Å². The number of halogens is 2. The van der Waals surface area contributed by atoms with Crippen LogP contribution in [-0.4, -0.2) is 41.6 Å². The molecule has 1 aliphatic heterocycles. The van der Waals surface area contributed by atoms with Gasteiger partial charge >= 0.3 is 12.7 Å². The highest BCUT2D eigenvalue weighted by Crippen LogP contribution is 2.43. The molecular weight excluding hydrogens is 416 g/mol. The van der Waals surface area contributed by atoms with Crippen LogP contribution in [0.1, 0.15) is 41.4 Å². The number of hydrogen-bond donors (Lipinski definition) is 1. The molecule has 1 fully saturated rings. The topological polar surface area (TPSA) is 80.8 Å². The van der Waals surface area contributed by atoms with Gasteiger partial charge in [0.25, 0.3) is 5.91 Å². The lowest BCUT2D eigenvalue weighted by atomic mass is 10.0. The Kier molecular flexibility index (Phi) is 5.35. The van der Waals surface area contributed by atoms with E-state index in [4.69, 9.17) is 4.74 Å². The summed E-state index contributed by atoms with van der Waals surface area (Å²) in [7, 11) is 1.25. The largest absolute Gasteiger partial charge is 0.453 e. The maximum atomic E-state index is 13.1. The van der Waals surface area contributed by atoms with E-state index in [2.05, 4.69) is 15.0 Å². The first kappa shape index (κ1) is 20.5. The quantitative estimate of drug-likeness (QED) is 0.711. The van der Waals surface area contributed by atoms with Gasteiger partial charge in [0.15, 0.2) is 5.13 Å². The third-order valence-corrected chi connectivity index (χ3v) is 6.59. The smallest absolute Gasteiger partial charge is 0.413 e. The highest BCUT2D eigenvalue weighted by molar-refractivity contribution is 7.19. The van der Waals surface area contributed by atoms with Crippen molar-refractivity contribution in [2.45, 2.75) is 45.9 Å². The molecule has 0 spiro atoms. The Balaban J connectivity index is 1.72. The third-order valence-electron chi connectivity index (χ3n) is 5.46. The van der Waals surface area contributed by atoms with E-state index >= 15 is 0 Å². The zero-order valence-corrected chi connectivity index (χ0v) is 17.5. The van der Waals surface area contributed by atoms with E-state index in [1.54, 1.807) is 11.8 Å². The second-order valence-electron chi connectivity index (χ2n) is 7.45. The van der Waals surface area contributed by atoms with Crippen molar-refractivity contribution >= 4 is 28.5 Å². The van der Waals surface area contributed by atoms with Crippen LogP contribution in [0.3, 0.4) is 0 Å². The van der Waals surface area contributed by atoms with E-state index in [-0.39, 0.29) is 23.3 Å². The van der Waals surface area contributed by atoms with Gasteiger partial charge < -0.3 is 14.4 Å². The maximum absolute atomic E-state index is 13.1. The molecule has 2 heterocycles. The minimum absolute atomic E-state index is 0.0498. The van der Waals surface area contributed by atoms with Gasteiger partial charge in [-0.15, -0.1) is 0 Å². The van der Waals surface area contributed by atoms with Gasteiger partial charge in [0, 0.05) is 12.6 Å². The molecular formula is C20H21F2N3O4S. The lowest BCUT2D eigenvalue weighted by molar-refractivity contribution is -0.0501. The molecule has 0 saturated heterocycles. The summed E-state index contributed by atoms with van der Waals surface area (Å²) in [5.41, 5.74) is 2.06. The maximum Gasteiger partial charge on any atom is 0.413 e. The molecule has 1 saturated carbocycles. The minimum Gasteiger partial charge on any atom is -0.453 e. The van der Waals surface area contributed by atoms with Gasteiger partial charge in [0.2, 0.25) is 0 Å². The van der Waals surface area contributed by atoms with Crippen LogP contribution in [0.5, 0.6) is 5.75 Å². The molecule has 1 atom stereocenters. The number of benzene rings is 1. The first-order valence-electron chi connectivity index (χ1n) is 9.54. The average Bonchev–Trinajstić information content (AvgIpc) is 3.40. The van der Waals surface area contributed by atoms with Crippen LogP contribution in [0.25, 0.3) is 10.4 Å². The second kappa shape index (κ2) is 7.82. The number of rotatable bonds is 6. The Morgan fingerprint density at radius 2 is 2.10 bits per heavy atom. The molecule has 0 radical (unpaired) electrons. The standard InChI is InChI=1S/C20H21F2N3O4S/c1-9-16(30-19(23-9)24-20(27)28-3)12-6-13-8-25(10(2)11-4-5-11)17(26)15(13)14(7-12)29-18(21)22/h6-7,10-11,18H,4-5,8H2,1-3H3,(H,23,24,27)/t10-/m0/s1. The molecule has 2 amide bonds. The molecule has 2 aliphatic rings. The molecule has 1 aliphatic carbocycles. The normalized spacial score (nSPS) is 16.6. The molecule has 30 heavy (non-hydrogen) atoms. The zero-order chi connectivity index (χ0) is 21.6. The molecule has 0 unspecified atom stereocenters. The average molecular weight is 437 g/mol. The number of anilines is 1. The van der Waals surface area contributed by atoms with Crippen molar-refractivity contribution in [1.82, 2.24) is 9.88 Å². The summed E-state index contributed by atoms with van der Waals surface area (Å²) < 4.78 is 35.5. The second-order valence-corrected chi connectivity index (χ2v) is 8.45. The molecule has 0 bridgehead atoms. The van der Waals surface area contributed by atoms with Crippen LogP contribution in [0.15, 0.2) is 12.1 Å². The number of thiazole rings is 1. The lowest BCUT2D eigenvalue weighted by Gasteiger charge is -2.24. The summed E-state index contributed by atoms with van der Waals surface area (Å²) in [6.45, 7) is 1.05. The SMILES string of the molecule is COC(=O)Nc1nc(C)c(-c2cc3c(c(OC(F)F)c2)C(=O)N([C@@H](C)C2CC2)C3)s1. The summed E-state index contributed by atoms with van der Waals surface area (Å²) in [6, 6.07) is 3.30. The van der Waals surface area contributed by atoms with Crippen molar-refractivity contribution < 1.29 is 27.8 Å². The van der Waals surface area contributed by atoms with E-state index < -0.39 is 12.7 Å². The molecule has 160 valence electrons. The Labute approximate surface area is 176 Å². The van der Waals surface area contributed by atoms with Gasteiger partial charge in [0.05, 0.1) is 23.2 Å². The van der Waals surface area contributed by atoms with E-state index in [0.29, 0.717) is 39.3 Å². The number of nitrogens with one attached hydrogen (secondary N) is 1. The molecule has 2 aromatic rings. The Morgan fingerprint density at radius 3 is 2.73 bits per heavy atom. The van der Waals surface area contributed by atoms with E-state index in [0.717, 1.165) is 12.8 Å². The van der Waals surface area contributed by atoms with Crippen LogP contribution in [0, 0.1) is 12.8 Å². The predicted molar refractivity (Wildman–Crippen MR) is 107 cm³/mol. The van der Waals surface area contributed by atoms with Gasteiger partial charge in [-0.1, -0.05) is 11.3 Å². The molecule has 1 aromatic heterocycles. The zero-order valence-electron chi connectivity index (χ0n) is 16.7. The molecule has 1 aromatic carbocycles. The van der Waals surface area contributed by atoms with Crippen molar-refractivity contribution in [3.05, 3.63) is 29.0 Å². The molecule has 4 rings (SSSR count). The third kappa shape index (κ3) is 3.83. The highest BCUT2D eigenvalue weighted by Gasteiger charge is 2.40. The first-order chi connectivity index (χ1) is 14.3. The fraction of sp³-hybridized carbons (Fsp3) is 0.450. The number of carbonyl (C=O) groups excluding carboxylic acids is 2. The number of amides is 2. The Morgan fingerprint density at radius 1 is 1.37 bits per heavy atom. The number of hydrogen-bond acceptors (Lipinski definition) is 6. The summed E-state index contributed by atoms with van der Waals surface area (Å²) >= 11 is 1.19. The Bertz CT molecular complexity index is 1010. The number of aromatic nitrogens is 1. The van der Waals surface area contributed by atoms with E-state index in [1.165, 1.54) is 24.5 Å². The van der Waals surface area contributed by atoms with Crippen LogP contribution >= 0.6 is 11.3 Å². The van der Waals surface area contributed by atoms with Gasteiger partial charge in [-0.3, -0.25) is 10.1 Å². The van der Waals surface area contributed by atoms with Crippen molar-refractivity contribution in [2.24, 2.45) is 5.92 Å². The van der Waals surface area contributed by atoms with Crippen LogP contribution in [-0.2, 0) is 11.3 Å². The van der Waals surface area contributed by atoms with E-state index in [9.17, 15) is 18.4 Å². The minimum atomic E-state index is -3.05.